The van der Waals surface area contributed by atoms with Crippen LogP contribution in [0.4, 0.5) is 0 Å². The summed E-state index contributed by atoms with van der Waals surface area (Å²) in [7, 11) is 0. The van der Waals surface area contributed by atoms with E-state index in [0.717, 1.165) is 5.56 Å². The van der Waals surface area contributed by atoms with Gasteiger partial charge in [0.15, 0.2) is 23.4 Å². The first kappa shape index (κ1) is 21.4. The van der Waals surface area contributed by atoms with Gasteiger partial charge in [0, 0.05) is 12.0 Å². The predicted molar refractivity (Wildman–Crippen MR) is 110 cm³/mol. The van der Waals surface area contributed by atoms with E-state index >= 15 is 0 Å². The molecule has 1 heterocycles. The number of carbonyl (C=O) groups excluding carboxylic acids is 3. The molecule has 1 aliphatic rings. The van der Waals surface area contributed by atoms with Crippen molar-refractivity contribution in [3.63, 3.8) is 0 Å². The quantitative estimate of drug-likeness (QED) is 0.530. The minimum atomic E-state index is -0.951. The molecule has 0 aromatic heterocycles. The highest BCUT2D eigenvalue weighted by Crippen LogP contribution is 2.31. The highest BCUT2D eigenvalue weighted by Gasteiger charge is 2.21. The highest BCUT2D eigenvalue weighted by molar-refractivity contribution is 5.98. The Bertz CT molecular complexity index is 911. The van der Waals surface area contributed by atoms with Crippen LogP contribution in [0.3, 0.4) is 0 Å². The van der Waals surface area contributed by atoms with Crippen molar-refractivity contribution in [2.24, 2.45) is 0 Å². The summed E-state index contributed by atoms with van der Waals surface area (Å²) in [4.78, 5) is 36.7. The standard InChI is InChI=1S/C23H25NO6/c1-15(17-6-4-3-5-7-17)24-23(27)16(2)30-22(26)11-9-19(25)18-8-10-20-21(14-18)29-13-12-28-20/h3-8,10,14-16H,9,11-13H2,1-2H3,(H,24,27). The molecule has 0 radical (unpaired) electrons. The van der Waals surface area contributed by atoms with E-state index < -0.39 is 18.0 Å². The van der Waals surface area contributed by atoms with Crippen molar-refractivity contribution in [2.45, 2.75) is 38.8 Å². The van der Waals surface area contributed by atoms with E-state index in [9.17, 15) is 14.4 Å². The normalized spacial score (nSPS) is 14.3. The predicted octanol–water partition coefficient (Wildman–Crippen LogP) is 3.23. The maximum absolute atomic E-state index is 12.4. The van der Waals surface area contributed by atoms with Crippen LogP contribution in [0.1, 0.15) is 48.7 Å². The van der Waals surface area contributed by atoms with E-state index in [1.807, 2.05) is 37.3 Å². The molecule has 158 valence electrons. The highest BCUT2D eigenvalue weighted by atomic mass is 16.6. The summed E-state index contributed by atoms with van der Waals surface area (Å²) >= 11 is 0. The number of esters is 1. The number of ether oxygens (including phenoxy) is 3. The Morgan fingerprint density at radius 3 is 2.40 bits per heavy atom. The summed E-state index contributed by atoms with van der Waals surface area (Å²) in [6.45, 7) is 4.27. The van der Waals surface area contributed by atoms with Crippen molar-refractivity contribution < 1.29 is 28.6 Å². The van der Waals surface area contributed by atoms with Crippen LogP contribution in [0.2, 0.25) is 0 Å². The second-order valence-corrected chi connectivity index (χ2v) is 7.05. The molecule has 0 bridgehead atoms. The van der Waals surface area contributed by atoms with Crippen LogP contribution in [0.15, 0.2) is 48.5 Å². The van der Waals surface area contributed by atoms with Crippen LogP contribution in [0.5, 0.6) is 11.5 Å². The van der Waals surface area contributed by atoms with E-state index in [4.69, 9.17) is 14.2 Å². The van der Waals surface area contributed by atoms with Crippen LogP contribution in [-0.4, -0.2) is 37.0 Å². The lowest BCUT2D eigenvalue weighted by Gasteiger charge is -2.19. The zero-order valence-electron chi connectivity index (χ0n) is 17.1. The van der Waals surface area contributed by atoms with Gasteiger partial charge in [-0.1, -0.05) is 30.3 Å². The molecule has 0 spiro atoms. The van der Waals surface area contributed by atoms with E-state index in [2.05, 4.69) is 5.32 Å². The molecular formula is C23H25NO6. The number of amides is 1. The molecule has 2 aromatic carbocycles. The molecule has 1 aliphatic heterocycles. The Labute approximate surface area is 175 Å². The summed E-state index contributed by atoms with van der Waals surface area (Å²) in [6, 6.07) is 14.2. The van der Waals surface area contributed by atoms with E-state index in [1.54, 1.807) is 18.2 Å². The van der Waals surface area contributed by atoms with Crippen molar-refractivity contribution in [3.8, 4) is 11.5 Å². The Kier molecular flexibility index (Phi) is 7.06. The molecule has 30 heavy (non-hydrogen) atoms. The van der Waals surface area contributed by atoms with Crippen molar-refractivity contribution >= 4 is 17.7 Å². The molecule has 1 N–H and O–H groups in total. The first-order valence-corrected chi connectivity index (χ1v) is 9.91. The Morgan fingerprint density at radius 2 is 1.67 bits per heavy atom. The second-order valence-electron chi connectivity index (χ2n) is 7.05. The molecule has 2 unspecified atom stereocenters. The Morgan fingerprint density at radius 1 is 0.967 bits per heavy atom. The zero-order valence-corrected chi connectivity index (χ0v) is 17.1. The largest absolute Gasteiger partial charge is 0.486 e. The number of hydrogen-bond acceptors (Lipinski definition) is 6. The second kappa shape index (κ2) is 9.91. The molecule has 0 fully saturated rings. The maximum atomic E-state index is 12.4. The molecule has 0 saturated carbocycles. The van der Waals surface area contributed by atoms with Crippen molar-refractivity contribution in [3.05, 3.63) is 59.7 Å². The molecule has 2 aromatic rings. The van der Waals surface area contributed by atoms with Crippen molar-refractivity contribution in [1.29, 1.82) is 0 Å². The van der Waals surface area contributed by atoms with E-state index in [1.165, 1.54) is 6.92 Å². The number of nitrogens with one attached hydrogen (secondary N) is 1. The van der Waals surface area contributed by atoms with Gasteiger partial charge in [-0.15, -0.1) is 0 Å². The summed E-state index contributed by atoms with van der Waals surface area (Å²) in [6.07, 6.45) is -1.08. The third-order valence-corrected chi connectivity index (χ3v) is 4.76. The fourth-order valence-electron chi connectivity index (χ4n) is 3.04. The summed E-state index contributed by atoms with van der Waals surface area (Å²) in [5.41, 5.74) is 1.39. The van der Waals surface area contributed by atoms with Gasteiger partial charge in [0.2, 0.25) is 0 Å². The first-order chi connectivity index (χ1) is 14.4. The molecule has 7 heteroatoms. The van der Waals surface area contributed by atoms with E-state index in [-0.39, 0.29) is 24.7 Å². The van der Waals surface area contributed by atoms with Crippen molar-refractivity contribution in [1.82, 2.24) is 5.32 Å². The van der Waals surface area contributed by atoms with Crippen molar-refractivity contribution in [2.75, 3.05) is 13.2 Å². The molecule has 3 rings (SSSR count). The lowest BCUT2D eigenvalue weighted by atomic mass is 10.1. The number of fused-ring (bicyclic) bond motifs is 1. The maximum Gasteiger partial charge on any atom is 0.307 e. The lowest BCUT2D eigenvalue weighted by molar-refractivity contribution is -0.155. The Hall–Kier alpha value is -3.35. The average Bonchev–Trinajstić information content (AvgIpc) is 2.77. The van der Waals surface area contributed by atoms with Crippen LogP contribution in [0, 0.1) is 0 Å². The minimum absolute atomic E-state index is 0.0206. The number of carbonyl (C=O) groups is 3. The number of rotatable bonds is 8. The number of hydrogen-bond donors (Lipinski definition) is 1. The fraction of sp³-hybridized carbons (Fsp3) is 0.348. The van der Waals surface area contributed by atoms with Gasteiger partial charge in [0.25, 0.3) is 5.91 Å². The van der Waals surface area contributed by atoms with E-state index in [0.29, 0.717) is 30.3 Å². The average molecular weight is 411 g/mol. The molecule has 0 saturated heterocycles. The summed E-state index contributed by atoms with van der Waals surface area (Å²) in [5, 5.41) is 2.81. The van der Waals surface area contributed by atoms with Crippen LogP contribution in [-0.2, 0) is 14.3 Å². The van der Waals surface area contributed by atoms with Crippen LogP contribution in [0.25, 0.3) is 0 Å². The SMILES string of the molecule is CC(OC(=O)CCC(=O)c1ccc2c(c1)OCCO2)C(=O)NC(C)c1ccccc1. The number of benzene rings is 2. The van der Waals surface area contributed by atoms with Gasteiger partial charge in [-0.3, -0.25) is 14.4 Å². The third-order valence-electron chi connectivity index (χ3n) is 4.76. The molecule has 7 nitrogen and oxygen atoms in total. The van der Waals surface area contributed by atoms with Gasteiger partial charge in [-0.05, 0) is 37.6 Å². The smallest absolute Gasteiger partial charge is 0.307 e. The van der Waals surface area contributed by atoms with Crippen LogP contribution < -0.4 is 14.8 Å². The minimum Gasteiger partial charge on any atom is -0.486 e. The lowest BCUT2D eigenvalue weighted by Crippen LogP contribution is -2.37. The molecule has 1 amide bonds. The number of ketones is 1. The molecule has 0 aliphatic carbocycles. The third kappa shape index (κ3) is 5.59. The van der Waals surface area contributed by atoms with Gasteiger partial charge in [0.1, 0.15) is 13.2 Å². The van der Waals surface area contributed by atoms with Crippen LogP contribution >= 0.6 is 0 Å². The Balaban J connectivity index is 1.45. The van der Waals surface area contributed by atoms with Gasteiger partial charge >= 0.3 is 5.97 Å². The monoisotopic (exact) mass is 411 g/mol. The first-order valence-electron chi connectivity index (χ1n) is 9.91. The fourth-order valence-corrected chi connectivity index (χ4v) is 3.04. The zero-order chi connectivity index (χ0) is 21.5. The van der Waals surface area contributed by atoms with Gasteiger partial charge < -0.3 is 19.5 Å². The van der Waals surface area contributed by atoms with Gasteiger partial charge in [-0.25, -0.2) is 0 Å². The summed E-state index contributed by atoms with van der Waals surface area (Å²) in [5.74, 6) is -0.0817. The summed E-state index contributed by atoms with van der Waals surface area (Å²) < 4.78 is 16.1. The van der Waals surface area contributed by atoms with Gasteiger partial charge in [-0.2, -0.15) is 0 Å². The van der Waals surface area contributed by atoms with Gasteiger partial charge in [0.05, 0.1) is 12.5 Å². The molecular weight excluding hydrogens is 386 g/mol. The number of Topliss-reactive ketones (excluding diaryl/α,β-unsaturated/α-hetero) is 1. The molecule has 2 atom stereocenters. The topological polar surface area (TPSA) is 90.9 Å².